The van der Waals surface area contributed by atoms with Gasteiger partial charge >= 0.3 is 0 Å². The molecule has 0 saturated heterocycles. The van der Waals surface area contributed by atoms with Crippen LogP contribution in [0.2, 0.25) is 0 Å². The molecule has 0 amide bonds. The number of aliphatic hydroxyl groups is 1. The quantitative estimate of drug-likeness (QED) is 0.506. The molecule has 0 bridgehead atoms. The van der Waals surface area contributed by atoms with Crippen molar-refractivity contribution in [2.75, 3.05) is 27.5 Å². The molecule has 0 aliphatic carbocycles. The molecule has 0 spiro atoms. The number of aliphatic carboxylic acids is 1. The first-order valence-corrected chi connectivity index (χ1v) is 2.71. The maximum atomic E-state index is 10.4. The fourth-order valence-corrected chi connectivity index (χ4v) is 0.434. The second-order valence-electron chi connectivity index (χ2n) is 2.11. The molecule has 11 heavy (non-hydrogen) atoms. The van der Waals surface area contributed by atoms with Crippen molar-refractivity contribution in [1.29, 1.82) is 0 Å². The highest BCUT2D eigenvalue weighted by Gasteiger charge is 2.14. The average molecular weight is 170 g/mol. The van der Waals surface area contributed by atoms with Crippen molar-refractivity contribution in [3.05, 3.63) is 0 Å². The molecule has 0 aromatic carbocycles. The second kappa shape index (κ2) is 3.69. The van der Waals surface area contributed by atoms with Crippen molar-refractivity contribution in [2.24, 2.45) is 0 Å². The van der Waals surface area contributed by atoms with Crippen LogP contribution >= 0.6 is 0 Å². The van der Waals surface area contributed by atoms with Gasteiger partial charge in [-0.3, -0.25) is 0 Å². The van der Waals surface area contributed by atoms with Crippen LogP contribution in [0.4, 0.5) is 0 Å². The third-order valence-corrected chi connectivity index (χ3v) is 0.664. The Labute approximate surface area is 79.3 Å². The molecule has 4 heteroatoms. The van der Waals surface area contributed by atoms with Crippen molar-refractivity contribution in [3.8, 4) is 0 Å². The van der Waals surface area contributed by atoms with Crippen molar-refractivity contribution in [2.45, 2.75) is 12.5 Å². The molecule has 66 valence electrons. The molecule has 0 rings (SSSR count). The third kappa shape index (κ3) is 7.29. The molecule has 0 aromatic rings. The predicted molar refractivity (Wildman–Crippen MR) is 38.5 cm³/mol. The zero-order valence-electron chi connectivity index (χ0n) is 14.9. The zero-order chi connectivity index (χ0) is 16.8. The van der Waals surface area contributed by atoms with E-state index in [1.165, 1.54) is 0 Å². The van der Waals surface area contributed by atoms with Gasteiger partial charge in [0.05, 0.1) is 33.3 Å². The van der Waals surface area contributed by atoms with Crippen LogP contribution < -0.4 is 5.11 Å². The number of rotatable bonds is 4. The Morgan fingerprint density at radius 2 is 2.55 bits per heavy atom. The first kappa shape index (κ1) is 2.71. The van der Waals surface area contributed by atoms with Gasteiger partial charge in [-0.15, -0.1) is 0 Å². The Morgan fingerprint density at radius 1 is 2.00 bits per heavy atom. The van der Waals surface area contributed by atoms with Crippen LogP contribution in [0.15, 0.2) is 0 Å². The van der Waals surface area contributed by atoms with E-state index >= 15 is 0 Å². The summed E-state index contributed by atoms with van der Waals surface area (Å²) in [5, 5.41) is 20.1. The molecule has 0 saturated carbocycles. The predicted octanol–water partition coefficient (Wildman–Crippen LogP) is -1.81. The van der Waals surface area contributed by atoms with Gasteiger partial charge in [0.25, 0.3) is 0 Å². The van der Waals surface area contributed by atoms with Gasteiger partial charge in [0, 0.05) is 12.4 Å². The van der Waals surface area contributed by atoms with Gasteiger partial charge in [-0.1, -0.05) is 0 Å². The number of nitrogens with zero attached hydrogens (tertiary/aromatic N) is 1. The number of quaternary nitrogens is 1. The van der Waals surface area contributed by atoms with Gasteiger partial charge in [-0.25, -0.2) is 0 Å². The molecule has 0 radical (unpaired) electrons. The van der Waals surface area contributed by atoms with Crippen LogP contribution in [-0.2, 0) is 4.79 Å². The van der Waals surface area contributed by atoms with E-state index in [1.807, 2.05) is 0 Å². The topological polar surface area (TPSA) is 60.4 Å². The highest BCUT2D eigenvalue weighted by atomic mass is 16.4. The summed E-state index contributed by atoms with van der Waals surface area (Å²) in [6.45, 7) is -10.6. The Hall–Kier alpha value is -0.610. The fourth-order valence-electron chi connectivity index (χ4n) is 0.434. The summed E-state index contributed by atoms with van der Waals surface area (Å²) in [5.41, 5.74) is 0. The van der Waals surface area contributed by atoms with E-state index in [2.05, 4.69) is 0 Å². The van der Waals surface area contributed by atoms with E-state index in [1.54, 1.807) is 0 Å². The van der Waals surface area contributed by atoms with E-state index in [-0.39, 0.29) is 0 Å². The van der Waals surface area contributed by atoms with Gasteiger partial charge in [-0.2, -0.15) is 0 Å². The lowest BCUT2D eigenvalue weighted by Gasteiger charge is -2.26. The number of carbonyl (C=O) groups excluding carboxylic acids is 1. The summed E-state index contributed by atoms with van der Waals surface area (Å²) in [4.78, 5) is 10.4. The van der Waals surface area contributed by atoms with Crippen LogP contribution in [0.3, 0.4) is 0 Å². The molecule has 0 fully saturated rings. The average Bonchev–Trinajstić information content (AvgIpc) is 2.09. The maximum Gasteiger partial charge on any atom is 0.108 e. The Kier molecular flexibility index (Phi) is 0.908. The summed E-state index contributed by atoms with van der Waals surface area (Å²) in [6.07, 6.45) is -5.09. The Bertz CT molecular complexity index is 372. The number of carboxylic acid groups (broad SMARTS) is 1. The minimum Gasteiger partial charge on any atom is -0.550 e. The van der Waals surface area contributed by atoms with Gasteiger partial charge < -0.3 is 19.5 Å². The SMILES string of the molecule is [2H]C([2H])([2H])[N+](C)(C([2H])([2H])[2H])C([2H])([2H])[C@@]([2H])(O)CC(=O)[O-]. The van der Waals surface area contributed by atoms with Gasteiger partial charge in [0.1, 0.15) is 12.6 Å². The third-order valence-electron chi connectivity index (χ3n) is 0.664. The highest BCUT2D eigenvalue weighted by Crippen LogP contribution is 1.97. The minimum absolute atomic E-state index is 0.467. The molecule has 0 unspecified atom stereocenters. The van der Waals surface area contributed by atoms with Gasteiger partial charge in [-0.05, 0) is 0 Å². The normalized spacial score (nSPS) is 33.1. The van der Waals surface area contributed by atoms with Crippen molar-refractivity contribution < 1.29 is 31.8 Å². The van der Waals surface area contributed by atoms with Crippen LogP contribution in [0.5, 0.6) is 0 Å². The van der Waals surface area contributed by atoms with Crippen LogP contribution in [-0.4, -0.2) is 49.1 Å². The Morgan fingerprint density at radius 3 is 2.91 bits per heavy atom. The van der Waals surface area contributed by atoms with Gasteiger partial charge in [0.2, 0.25) is 0 Å². The molecule has 0 aliphatic heterocycles. The molecular weight excluding hydrogens is 146 g/mol. The van der Waals surface area contributed by atoms with Crippen LogP contribution in [0, 0.1) is 0 Å². The molecule has 0 aromatic heterocycles. The van der Waals surface area contributed by atoms with Crippen molar-refractivity contribution >= 4 is 5.97 Å². The van der Waals surface area contributed by atoms with E-state index in [9.17, 15) is 15.0 Å². The lowest BCUT2D eigenvalue weighted by Crippen LogP contribution is -2.43. The first-order chi connectivity index (χ1) is 8.42. The highest BCUT2D eigenvalue weighted by molar-refractivity contribution is 5.64. The number of likely N-dealkylation sites (N-methyl/N-ethyl adjacent to an activating group) is 1. The van der Waals surface area contributed by atoms with Gasteiger partial charge in [0.15, 0.2) is 0 Å². The minimum atomic E-state index is -3.64. The molecule has 1 atom stereocenters. The summed E-state index contributed by atoms with van der Waals surface area (Å²) < 4.78 is 63.4. The second-order valence-corrected chi connectivity index (χ2v) is 2.11. The van der Waals surface area contributed by atoms with Crippen molar-refractivity contribution in [3.63, 3.8) is 0 Å². The lowest BCUT2D eigenvalue weighted by molar-refractivity contribution is -0.873. The van der Waals surface area contributed by atoms with E-state index in [0.29, 0.717) is 7.05 Å². The number of carbonyl (C=O) groups is 1. The number of hydrogen-bond acceptors (Lipinski definition) is 3. The lowest BCUT2D eigenvalue weighted by atomic mass is 10.2. The maximum absolute atomic E-state index is 10.4. The zero-order valence-corrected chi connectivity index (χ0v) is 5.92. The van der Waals surface area contributed by atoms with E-state index in [0.717, 1.165) is 0 Å². The molecular formula is C7H15NO3. The summed E-state index contributed by atoms with van der Waals surface area (Å²) in [5.74, 6) is -2.02. The fraction of sp³-hybridized carbons (Fsp3) is 0.857. The van der Waals surface area contributed by atoms with Crippen LogP contribution in [0.1, 0.15) is 18.8 Å². The van der Waals surface area contributed by atoms with E-state index in [4.69, 9.17) is 12.3 Å². The molecule has 0 heterocycles. The smallest absolute Gasteiger partial charge is 0.108 e. The Balaban J connectivity index is 6.14. The molecule has 1 N–H and O–H groups in total. The summed E-state index contributed by atoms with van der Waals surface area (Å²) >= 11 is 0. The number of carboxylic acids is 1. The summed E-state index contributed by atoms with van der Waals surface area (Å²) in [7, 11) is 0.467. The largest absolute Gasteiger partial charge is 0.550 e. The van der Waals surface area contributed by atoms with Crippen molar-refractivity contribution in [1.82, 2.24) is 0 Å². The number of hydrogen-bond donors (Lipinski definition) is 1. The van der Waals surface area contributed by atoms with E-state index < -0.39 is 43.4 Å². The molecule has 0 aliphatic rings. The monoisotopic (exact) mass is 170 g/mol. The van der Waals surface area contributed by atoms with Crippen LogP contribution in [0.25, 0.3) is 0 Å². The first-order valence-electron chi connectivity index (χ1n) is 7.21. The standard InChI is InChI=1S/C7H15NO3/c1-8(2,3)5-6(9)4-7(10)11/h6,9H,4-5H2,1-3H3/t6-/m0/s1/i1D3,2D3,5D2,6D. The molecule has 4 nitrogen and oxygen atoms in total. The summed E-state index contributed by atoms with van der Waals surface area (Å²) in [6, 6.07) is 0.